The molecule has 0 spiro atoms. The summed E-state index contributed by atoms with van der Waals surface area (Å²) in [6, 6.07) is 17.0. The van der Waals surface area contributed by atoms with Gasteiger partial charge in [-0.05, 0) is 45.1 Å². The second-order valence-corrected chi connectivity index (χ2v) is 9.02. The van der Waals surface area contributed by atoms with Gasteiger partial charge in [0.15, 0.2) is 5.82 Å². The monoisotopic (exact) mass is 443 g/mol. The van der Waals surface area contributed by atoms with Gasteiger partial charge in [-0.1, -0.05) is 66.9 Å². The van der Waals surface area contributed by atoms with Gasteiger partial charge in [-0.25, -0.2) is 9.97 Å². The smallest absolute Gasteiger partial charge is 0.303 e. The normalized spacial score (nSPS) is 13.1. The van der Waals surface area contributed by atoms with Gasteiger partial charge in [-0.3, -0.25) is 4.79 Å². The molecule has 4 rings (SSSR count). The number of hydrogen-bond donors (Lipinski definition) is 1. The Morgan fingerprint density at radius 3 is 2.45 bits per heavy atom. The maximum absolute atomic E-state index is 10.7. The van der Waals surface area contributed by atoms with Crippen LogP contribution in [0.3, 0.4) is 0 Å². The summed E-state index contributed by atoms with van der Waals surface area (Å²) in [7, 11) is 0. The Morgan fingerprint density at radius 2 is 1.70 bits per heavy atom. The lowest BCUT2D eigenvalue weighted by Crippen LogP contribution is -2.32. The molecular formula is C28H33N3O2. The Kier molecular flexibility index (Phi) is 7.38. The van der Waals surface area contributed by atoms with E-state index in [2.05, 4.69) is 67.3 Å². The van der Waals surface area contributed by atoms with E-state index in [-0.39, 0.29) is 6.42 Å². The first kappa shape index (κ1) is 23.0. The summed E-state index contributed by atoms with van der Waals surface area (Å²) in [5.41, 5.74) is 7.65. The number of aromatic nitrogens is 2. The van der Waals surface area contributed by atoms with E-state index in [1.165, 1.54) is 11.1 Å². The number of rotatable bonds is 9. The third-order valence-corrected chi connectivity index (χ3v) is 6.38. The topological polar surface area (TPSA) is 66.3 Å². The van der Waals surface area contributed by atoms with E-state index in [0.29, 0.717) is 0 Å². The lowest BCUT2D eigenvalue weighted by atomic mass is 9.98. The molecule has 172 valence electrons. The molecule has 2 heterocycles. The zero-order valence-electron chi connectivity index (χ0n) is 19.7. The minimum Gasteiger partial charge on any atom is -0.481 e. The molecule has 0 amide bonds. The van der Waals surface area contributed by atoms with Crippen molar-refractivity contribution in [3.05, 3.63) is 65.4 Å². The quantitative estimate of drug-likeness (QED) is 0.398. The molecule has 0 bridgehead atoms. The summed E-state index contributed by atoms with van der Waals surface area (Å²) >= 11 is 0. The highest BCUT2D eigenvalue weighted by Gasteiger charge is 2.24. The summed E-state index contributed by atoms with van der Waals surface area (Å²) in [4.78, 5) is 23.5. The van der Waals surface area contributed by atoms with Crippen molar-refractivity contribution in [1.82, 2.24) is 9.97 Å². The van der Waals surface area contributed by atoms with Gasteiger partial charge in [0.2, 0.25) is 0 Å². The fourth-order valence-corrected chi connectivity index (χ4v) is 4.51. The Hall–Kier alpha value is -3.21. The van der Waals surface area contributed by atoms with E-state index in [4.69, 9.17) is 15.1 Å². The number of carboxylic acids is 1. The number of aryl methyl sites for hydroxylation is 3. The fourth-order valence-electron chi connectivity index (χ4n) is 4.51. The SMILES string of the molecule is Cc1ccc(-c2nc3c(nc2-c2ccccc2C)CCCN3CCCCCCC(=O)O)cc1. The molecule has 0 unspecified atom stereocenters. The molecule has 1 aliphatic rings. The fraction of sp³-hybridized carbons (Fsp3) is 0.393. The number of carboxylic acid groups (broad SMARTS) is 1. The van der Waals surface area contributed by atoms with E-state index in [1.54, 1.807) is 0 Å². The number of aliphatic carboxylic acids is 1. The zero-order chi connectivity index (χ0) is 23.2. The number of anilines is 1. The van der Waals surface area contributed by atoms with Crippen LogP contribution in [0.15, 0.2) is 48.5 Å². The van der Waals surface area contributed by atoms with Gasteiger partial charge in [0, 0.05) is 30.6 Å². The van der Waals surface area contributed by atoms with E-state index in [1.807, 2.05) is 0 Å². The van der Waals surface area contributed by atoms with Crippen LogP contribution in [-0.2, 0) is 11.2 Å². The first-order chi connectivity index (χ1) is 16.0. The molecule has 0 fully saturated rings. The molecule has 0 saturated carbocycles. The lowest BCUT2D eigenvalue weighted by Gasteiger charge is -2.30. The van der Waals surface area contributed by atoms with Crippen LogP contribution in [0, 0.1) is 13.8 Å². The third-order valence-electron chi connectivity index (χ3n) is 6.38. The highest BCUT2D eigenvalue weighted by molar-refractivity contribution is 5.81. The Labute approximate surface area is 196 Å². The van der Waals surface area contributed by atoms with Crippen LogP contribution in [0.25, 0.3) is 22.5 Å². The van der Waals surface area contributed by atoms with Gasteiger partial charge in [0.05, 0.1) is 17.1 Å². The van der Waals surface area contributed by atoms with Crippen molar-refractivity contribution in [3.63, 3.8) is 0 Å². The maximum Gasteiger partial charge on any atom is 0.303 e. The molecule has 0 radical (unpaired) electrons. The summed E-state index contributed by atoms with van der Waals surface area (Å²) in [5.74, 6) is 0.308. The van der Waals surface area contributed by atoms with Crippen molar-refractivity contribution in [2.45, 2.75) is 58.8 Å². The van der Waals surface area contributed by atoms with Crippen LogP contribution in [0.5, 0.6) is 0 Å². The van der Waals surface area contributed by atoms with Crippen LogP contribution in [0.4, 0.5) is 5.82 Å². The lowest BCUT2D eigenvalue weighted by molar-refractivity contribution is -0.137. The molecule has 1 N–H and O–H groups in total. The Bertz CT molecular complexity index is 1110. The molecule has 1 aromatic heterocycles. The molecule has 33 heavy (non-hydrogen) atoms. The minimum absolute atomic E-state index is 0.264. The molecule has 0 atom stereocenters. The molecule has 0 saturated heterocycles. The average Bonchev–Trinajstić information content (AvgIpc) is 2.81. The van der Waals surface area contributed by atoms with Crippen LogP contribution in [-0.4, -0.2) is 34.1 Å². The highest BCUT2D eigenvalue weighted by Crippen LogP contribution is 2.36. The molecule has 5 nitrogen and oxygen atoms in total. The predicted molar refractivity (Wildman–Crippen MR) is 134 cm³/mol. The first-order valence-corrected chi connectivity index (χ1v) is 12.0. The van der Waals surface area contributed by atoms with Crippen LogP contribution < -0.4 is 4.90 Å². The summed E-state index contributed by atoms with van der Waals surface area (Å²) in [5, 5.41) is 8.82. The van der Waals surface area contributed by atoms with Crippen LogP contribution in [0.2, 0.25) is 0 Å². The Balaban J connectivity index is 1.64. The number of fused-ring (bicyclic) bond motifs is 1. The summed E-state index contributed by atoms with van der Waals surface area (Å²) < 4.78 is 0. The number of nitrogens with zero attached hydrogens (tertiary/aromatic N) is 3. The number of hydrogen-bond acceptors (Lipinski definition) is 4. The number of unbranched alkanes of at least 4 members (excludes halogenated alkanes) is 3. The van der Waals surface area contributed by atoms with Crippen molar-refractivity contribution in [2.24, 2.45) is 0 Å². The zero-order valence-corrected chi connectivity index (χ0v) is 19.7. The van der Waals surface area contributed by atoms with Crippen molar-refractivity contribution in [1.29, 1.82) is 0 Å². The van der Waals surface area contributed by atoms with E-state index >= 15 is 0 Å². The second kappa shape index (κ2) is 10.6. The largest absolute Gasteiger partial charge is 0.481 e. The van der Waals surface area contributed by atoms with Gasteiger partial charge in [0.25, 0.3) is 0 Å². The summed E-state index contributed by atoms with van der Waals surface area (Å²) in [6.45, 7) is 6.16. The van der Waals surface area contributed by atoms with Gasteiger partial charge < -0.3 is 10.0 Å². The summed E-state index contributed by atoms with van der Waals surface area (Å²) in [6.07, 6.45) is 6.09. The first-order valence-electron chi connectivity index (χ1n) is 12.0. The average molecular weight is 444 g/mol. The van der Waals surface area contributed by atoms with E-state index in [0.717, 1.165) is 85.6 Å². The van der Waals surface area contributed by atoms with Gasteiger partial charge >= 0.3 is 5.97 Å². The van der Waals surface area contributed by atoms with Crippen molar-refractivity contribution < 1.29 is 9.90 Å². The standard InChI is InChI=1S/C28H33N3O2/c1-20-14-16-22(17-15-20)26-27(23-11-7-6-10-21(23)2)29-24-12-9-19-31(28(24)30-26)18-8-4-3-5-13-25(32)33/h6-7,10-11,14-17H,3-5,8-9,12-13,18-19H2,1-2H3,(H,32,33). The van der Waals surface area contributed by atoms with Gasteiger partial charge in [-0.2, -0.15) is 0 Å². The maximum atomic E-state index is 10.7. The number of benzene rings is 2. The third kappa shape index (κ3) is 5.59. The molecule has 0 aliphatic carbocycles. The van der Waals surface area contributed by atoms with E-state index < -0.39 is 5.97 Å². The van der Waals surface area contributed by atoms with Crippen LogP contribution >= 0.6 is 0 Å². The van der Waals surface area contributed by atoms with E-state index in [9.17, 15) is 4.79 Å². The molecule has 5 heteroatoms. The predicted octanol–water partition coefficient (Wildman–Crippen LogP) is 6.22. The molecular weight excluding hydrogens is 410 g/mol. The minimum atomic E-state index is -0.705. The number of carbonyl (C=O) groups is 1. The van der Waals surface area contributed by atoms with Gasteiger partial charge in [0.1, 0.15) is 0 Å². The van der Waals surface area contributed by atoms with Crippen molar-refractivity contribution >= 4 is 11.8 Å². The molecule has 3 aromatic rings. The molecule has 1 aliphatic heterocycles. The highest BCUT2D eigenvalue weighted by atomic mass is 16.4. The van der Waals surface area contributed by atoms with Gasteiger partial charge in [-0.15, -0.1) is 0 Å². The Morgan fingerprint density at radius 1 is 0.939 bits per heavy atom. The van der Waals surface area contributed by atoms with Crippen molar-refractivity contribution in [3.8, 4) is 22.5 Å². The van der Waals surface area contributed by atoms with Crippen molar-refractivity contribution in [2.75, 3.05) is 18.0 Å². The molecule has 2 aromatic carbocycles. The van der Waals surface area contributed by atoms with Crippen LogP contribution in [0.1, 0.15) is 55.3 Å². The second-order valence-electron chi connectivity index (χ2n) is 9.02.